The highest BCUT2D eigenvalue weighted by Crippen LogP contribution is 2.21. The van der Waals surface area contributed by atoms with Gasteiger partial charge in [0, 0.05) is 12.4 Å². The summed E-state index contributed by atoms with van der Waals surface area (Å²) >= 11 is 0. The van der Waals surface area contributed by atoms with Gasteiger partial charge in [-0.25, -0.2) is 14.5 Å². The van der Waals surface area contributed by atoms with Gasteiger partial charge in [0.1, 0.15) is 17.7 Å². The van der Waals surface area contributed by atoms with E-state index in [1.54, 1.807) is 41.5 Å². The molecule has 31 heavy (non-hydrogen) atoms. The van der Waals surface area contributed by atoms with E-state index in [1.165, 1.54) is 6.20 Å². The number of ether oxygens (including phenoxy) is 2. The Hall–Kier alpha value is -2.93. The fourth-order valence-corrected chi connectivity index (χ4v) is 2.56. The molecule has 0 aromatic carbocycles. The number of nitrogens with two attached hydrogens (primary N) is 2. The maximum atomic E-state index is 12.9. The number of amides is 3. The van der Waals surface area contributed by atoms with Gasteiger partial charge in [0.25, 0.3) is 5.91 Å². The van der Waals surface area contributed by atoms with Crippen molar-refractivity contribution in [3.8, 4) is 0 Å². The second kappa shape index (κ2) is 9.92. The number of imide groups is 1. The fourth-order valence-electron chi connectivity index (χ4n) is 2.56. The average Bonchev–Trinajstić information content (AvgIpc) is 2.95. The fraction of sp³-hybridized carbons (Fsp3) is 0.722. The highest BCUT2D eigenvalue weighted by atomic mass is 16.6. The summed E-state index contributed by atoms with van der Waals surface area (Å²) < 4.78 is 10.4. The number of carbonyl (C=O) groups is 3. The first-order valence-corrected chi connectivity index (χ1v) is 9.67. The average molecular weight is 444 g/mol. The van der Waals surface area contributed by atoms with Crippen LogP contribution < -0.4 is 11.5 Å². The van der Waals surface area contributed by atoms with Crippen LogP contribution in [0, 0.1) is 10.1 Å². The Bertz CT molecular complexity index is 728. The van der Waals surface area contributed by atoms with Crippen molar-refractivity contribution in [1.82, 2.24) is 14.7 Å². The first-order valence-electron chi connectivity index (χ1n) is 9.67. The Labute approximate surface area is 181 Å². The van der Waals surface area contributed by atoms with Crippen LogP contribution in [0.2, 0.25) is 0 Å². The summed E-state index contributed by atoms with van der Waals surface area (Å²) in [6.45, 7) is 9.19. The van der Waals surface area contributed by atoms with Crippen LogP contribution in [0.1, 0.15) is 48.0 Å². The summed E-state index contributed by atoms with van der Waals surface area (Å²) in [4.78, 5) is 51.0. The summed E-state index contributed by atoms with van der Waals surface area (Å²) in [5, 5.41) is 11.6. The van der Waals surface area contributed by atoms with Crippen LogP contribution in [-0.2, 0) is 14.3 Å². The molecule has 1 aliphatic rings. The van der Waals surface area contributed by atoms with Crippen molar-refractivity contribution in [2.75, 3.05) is 13.1 Å². The van der Waals surface area contributed by atoms with Gasteiger partial charge >= 0.3 is 18.5 Å². The minimum atomic E-state index is -1.73. The molecule has 1 heterocycles. The van der Waals surface area contributed by atoms with Gasteiger partial charge in [-0.1, -0.05) is 0 Å². The van der Waals surface area contributed by atoms with Crippen LogP contribution >= 0.6 is 0 Å². The van der Waals surface area contributed by atoms with E-state index in [2.05, 4.69) is 0 Å². The highest BCUT2D eigenvalue weighted by Gasteiger charge is 2.44. The van der Waals surface area contributed by atoms with Crippen LogP contribution in [0.15, 0.2) is 12.4 Å². The molecule has 13 heteroatoms. The van der Waals surface area contributed by atoms with Gasteiger partial charge in [-0.3, -0.25) is 19.8 Å². The largest absolute Gasteiger partial charge is 0.443 e. The minimum Gasteiger partial charge on any atom is -0.443 e. The van der Waals surface area contributed by atoms with E-state index in [1.807, 2.05) is 0 Å². The Balaban J connectivity index is 3.06. The van der Waals surface area contributed by atoms with E-state index in [4.69, 9.17) is 20.9 Å². The van der Waals surface area contributed by atoms with Crippen LogP contribution in [-0.4, -0.2) is 74.5 Å². The molecule has 4 N–H and O–H groups in total. The molecular formula is C18H32N6O7. The SMILES string of the molecule is CC(C)(C)OC(=O)N1C=CN(CC(=O)N(C(=O)OC(C)(C)C)C(N)CCN)C1[N+](=O)[O-]. The molecule has 0 aromatic rings. The molecule has 0 saturated heterocycles. The molecule has 1 aliphatic heterocycles. The van der Waals surface area contributed by atoms with Crippen LogP contribution in [0.5, 0.6) is 0 Å². The van der Waals surface area contributed by atoms with Crippen molar-refractivity contribution < 1.29 is 28.8 Å². The van der Waals surface area contributed by atoms with E-state index >= 15 is 0 Å². The van der Waals surface area contributed by atoms with E-state index < -0.39 is 53.2 Å². The number of nitrogens with zero attached hydrogens (tertiary/aromatic N) is 4. The van der Waals surface area contributed by atoms with Gasteiger partial charge < -0.3 is 20.9 Å². The molecule has 2 atom stereocenters. The summed E-state index contributed by atoms with van der Waals surface area (Å²) in [5.74, 6) is -0.849. The van der Waals surface area contributed by atoms with E-state index in [0.29, 0.717) is 4.90 Å². The third-order valence-corrected chi connectivity index (χ3v) is 3.73. The molecule has 1 rings (SSSR count). The second-order valence-electron chi connectivity index (χ2n) is 8.88. The van der Waals surface area contributed by atoms with Crippen molar-refractivity contribution >= 4 is 18.1 Å². The molecular weight excluding hydrogens is 412 g/mol. The lowest BCUT2D eigenvalue weighted by Crippen LogP contribution is -2.56. The lowest BCUT2D eigenvalue weighted by Gasteiger charge is -2.31. The minimum absolute atomic E-state index is 0.0985. The monoisotopic (exact) mass is 444 g/mol. The molecule has 0 saturated carbocycles. The van der Waals surface area contributed by atoms with Crippen molar-refractivity contribution in [3.05, 3.63) is 22.5 Å². The lowest BCUT2D eigenvalue weighted by molar-refractivity contribution is -0.565. The van der Waals surface area contributed by atoms with Crippen LogP contribution in [0.3, 0.4) is 0 Å². The Morgan fingerprint density at radius 3 is 2.13 bits per heavy atom. The topological polar surface area (TPSA) is 175 Å². The molecule has 13 nitrogen and oxygen atoms in total. The van der Waals surface area contributed by atoms with E-state index in [9.17, 15) is 24.5 Å². The second-order valence-corrected chi connectivity index (χ2v) is 8.88. The summed E-state index contributed by atoms with van der Waals surface area (Å²) in [6.07, 6.45) is -2.35. The molecule has 0 aliphatic carbocycles. The first kappa shape index (κ1) is 26.1. The molecule has 0 radical (unpaired) electrons. The zero-order valence-corrected chi connectivity index (χ0v) is 18.7. The summed E-state index contributed by atoms with van der Waals surface area (Å²) in [6, 6.07) is 0. The molecule has 0 fully saturated rings. The van der Waals surface area contributed by atoms with E-state index in [-0.39, 0.29) is 13.0 Å². The number of hydrogen-bond donors (Lipinski definition) is 2. The maximum Gasteiger partial charge on any atom is 0.421 e. The zero-order valence-electron chi connectivity index (χ0n) is 18.7. The summed E-state index contributed by atoms with van der Waals surface area (Å²) in [7, 11) is 0. The Kier molecular flexibility index (Phi) is 8.35. The predicted octanol–water partition coefficient (Wildman–Crippen LogP) is 0.968. The zero-order chi connectivity index (χ0) is 24.1. The molecule has 0 aromatic heterocycles. The van der Waals surface area contributed by atoms with Crippen molar-refractivity contribution in [1.29, 1.82) is 0 Å². The quantitative estimate of drug-likeness (QED) is 0.341. The Morgan fingerprint density at radius 2 is 1.68 bits per heavy atom. The molecule has 0 bridgehead atoms. The number of hydrogen-bond acceptors (Lipinski definition) is 10. The molecule has 176 valence electrons. The van der Waals surface area contributed by atoms with Crippen molar-refractivity contribution in [3.63, 3.8) is 0 Å². The van der Waals surface area contributed by atoms with Gasteiger partial charge in [-0.05, 0) is 54.5 Å². The number of nitro groups is 1. The lowest BCUT2D eigenvalue weighted by atomic mass is 10.2. The van der Waals surface area contributed by atoms with Gasteiger partial charge in [0.15, 0.2) is 0 Å². The molecule has 3 amide bonds. The molecule has 0 spiro atoms. The van der Waals surface area contributed by atoms with Gasteiger partial charge in [-0.15, -0.1) is 0 Å². The normalized spacial score (nSPS) is 17.4. The first-order chi connectivity index (χ1) is 14.1. The third-order valence-electron chi connectivity index (χ3n) is 3.73. The summed E-state index contributed by atoms with van der Waals surface area (Å²) in [5.41, 5.74) is 9.64. The third kappa shape index (κ3) is 7.68. The predicted molar refractivity (Wildman–Crippen MR) is 109 cm³/mol. The maximum absolute atomic E-state index is 12.9. The van der Waals surface area contributed by atoms with Crippen LogP contribution in [0.4, 0.5) is 9.59 Å². The smallest absolute Gasteiger partial charge is 0.421 e. The number of carbonyl (C=O) groups excluding carboxylic acids is 3. The Morgan fingerprint density at radius 1 is 1.13 bits per heavy atom. The van der Waals surface area contributed by atoms with Gasteiger partial charge in [-0.2, -0.15) is 4.90 Å². The highest BCUT2D eigenvalue weighted by molar-refractivity contribution is 5.93. The van der Waals surface area contributed by atoms with Crippen LogP contribution in [0.25, 0.3) is 0 Å². The van der Waals surface area contributed by atoms with Crippen molar-refractivity contribution in [2.24, 2.45) is 11.5 Å². The number of rotatable bonds is 6. The van der Waals surface area contributed by atoms with Crippen molar-refractivity contribution in [2.45, 2.75) is 71.6 Å². The van der Waals surface area contributed by atoms with Gasteiger partial charge in [0.2, 0.25) is 0 Å². The molecule has 2 unspecified atom stereocenters. The standard InChI is InChI=1S/C18H32N6O7/c1-17(2,3)30-15(26)22-10-9-21(14(22)24(28)29)11-13(25)23(12(20)7-8-19)16(27)31-18(4,5)6/h9-10,12,14H,7-8,11,19-20H2,1-6H3. The van der Waals surface area contributed by atoms with E-state index in [0.717, 1.165) is 16.0 Å². The van der Waals surface area contributed by atoms with Gasteiger partial charge in [0.05, 0.1) is 11.1 Å².